The maximum Gasteiger partial charge on any atom is 0.329 e. The molecule has 0 spiro atoms. The molecule has 1 atom stereocenters. The predicted molar refractivity (Wildman–Crippen MR) is 121 cm³/mol. The highest BCUT2D eigenvalue weighted by Gasteiger charge is 2.25. The Hall–Kier alpha value is -2.90. The highest BCUT2D eigenvalue weighted by atomic mass is 16.5. The van der Waals surface area contributed by atoms with E-state index >= 15 is 0 Å². The van der Waals surface area contributed by atoms with E-state index in [0.29, 0.717) is 6.54 Å². The number of hydrogen-bond donors (Lipinski definition) is 0. The van der Waals surface area contributed by atoms with Crippen molar-refractivity contribution in [1.82, 2.24) is 18.9 Å². The first kappa shape index (κ1) is 21.3. The van der Waals surface area contributed by atoms with Gasteiger partial charge >= 0.3 is 5.69 Å². The fourth-order valence-electron chi connectivity index (χ4n) is 4.27. The zero-order valence-electron chi connectivity index (χ0n) is 18.2. The standard InChI is InChI=1S/C24H30N4O3/c1-19(16-26-12-14-31-15-13-26)27(17-20-8-4-3-5-9-20)23(29)18-28-22-11-7-6-10-21(22)25(2)24(28)30/h3-11,19H,12-18H2,1-2H3. The largest absolute Gasteiger partial charge is 0.379 e. The van der Waals surface area contributed by atoms with Crippen LogP contribution in [0.4, 0.5) is 0 Å². The summed E-state index contributed by atoms with van der Waals surface area (Å²) in [5.41, 5.74) is 2.52. The second-order valence-electron chi connectivity index (χ2n) is 8.19. The van der Waals surface area contributed by atoms with Crippen molar-refractivity contribution in [3.05, 3.63) is 70.6 Å². The molecule has 1 saturated heterocycles. The van der Waals surface area contributed by atoms with E-state index in [9.17, 15) is 9.59 Å². The van der Waals surface area contributed by atoms with E-state index < -0.39 is 0 Å². The molecule has 4 rings (SSSR count). The Bertz CT molecular complexity index is 1080. The molecule has 1 aliphatic heterocycles. The van der Waals surface area contributed by atoms with Crippen LogP contribution in [0.1, 0.15) is 12.5 Å². The second-order valence-corrected chi connectivity index (χ2v) is 8.19. The quantitative estimate of drug-likeness (QED) is 0.585. The fourth-order valence-corrected chi connectivity index (χ4v) is 4.27. The lowest BCUT2D eigenvalue weighted by Gasteiger charge is -2.35. The lowest BCUT2D eigenvalue weighted by Crippen LogP contribution is -2.49. The number of benzene rings is 2. The molecule has 1 fully saturated rings. The van der Waals surface area contributed by atoms with Crippen molar-refractivity contribution in [2.24, 2.45) is 7.05 Å². The van der Waals surface area contributed by atoms with Crippen molar-refractivity contribution in [2.75, 3.05) is 32.8 Å². The van der Waals surface area contributed by atoms with Gasteiger partial charge in [-0.2, -0.15) is 0 Å². The van der Waals surface area contributed by atoms with Crippen molar-refractivity contribution in [3.63, 3.8) is 0 Å². The topological polar surface area (TPSA) is 59.7 Å². The van der Waals surface area contributed by atoms with Gasteiger partial charge in [0.25, 0.3) is 0 Å². The SMILES string of the molecule is CC(CN1CCOCC1)N(Cc1ccccc1)C(=O)Cn1c(=O)n(C)c2ccccc21. The minimum absolute atomic E-state index is 0.0106. The van der Waals surface area contributed by atoms with Crippen LogP contribution < -0.4 is 5.69 Å². The Morgan fingerprint density at radius 3 is 2.39 bits per heavy atom. The van der Waals surface area contributed by atoms with Gasteiger partial charge < -0.3 is 9.64 Å². The normalized spacial score (nSPS) is 15.8. The van der Waals surface area contributed by atoms with Crippen LogP contribution in [0.15, 0.2) is 59.4 Å². The number of imidazole rings is 1. The van der Waals surface area contributed by atoms with Crippen molar-refractivity contribution in [1.29, 1.82) is 0 Å². The number of rotatable bonds is 7. The molecule has 2 aromatic carbocycles. The Kier molecular flexibility index (Phi) is 6.53. The molecule has 2 heterocycles. The van der Waals surface area contributed by atoms with Gasteiger partial charge in [0.2, 0.25) is 5.91 Å². The van der Waals surface area contributed by atoms with Gasteiger partial charge in [0.05, 0.1) is 24.2 Å². The van der Waals surface area contributed by atoms with Crippen LogP contribution in [0.5, 0.6) is 0 Å². The maximum atomic E-state index is 13.5. The summed E-state index contributed by atoms with van der Waals surface area (Å²) in [7, 11) is 1.74. The zero-order valence-corrected chi connectivity index (χ0v) is 18.2. The van der Waals surface area contributed by atoms with Crippen molar-refractivity contribution >= 4 is 16.9 Å². The Balaban J connectivity index is 1.59. The molecular weight excluding hydrogens is 392 g/mol. The minimum Gasteiger partial charge on any atom is -0.379 e. The highest BCUT2D eigenvalue weighted by molar-refractivity contribution is 5.81. The minimum atomic E-state index is -0.171. The molecule has 7 nitrogen and oxygen atoms in total. The van der Waals surface area contributed by atoms with Crippen molar-refractivity contribution < 1.29 is 9.53 Å². The molecule has 0 aliphatic carbocycles. The summed E-state index contributed by atoms with van der Waals surface area (Å²) in [5, 5.41) is 0. The van der Waals surface area contributed by atoms with E-state index in [0.717, 1.165) is 49.4 Å². The van der Waals surface area contributed by atoms with Crippen molar-refractivity contribution in [2.45, 2.75) is 26.1 Å². The number of morpholine rings is 1. The molecule has 31 heavy (non-hydrogen) atoms. The van der Waals surface area contributed by atoms with E-state index in [1.807, 2.05) is 59.5 Å². The Morgan fingerprint density at radius 1 is 1.03 bits per heavy atom. The molecule has 1 unspecified atom stereocenters. The second kappa shape index (κ2) is 9.49. The molecule has 0 bridgehead atoms. The fraction of sp³-hybridized carbons (Fsp3) is 0.417. The van der Waals surface area contributed by atoms with Crippen LogP contribution in [0.25, 0.3) is 11.0 Å². The Morgan fingerprint density at radius 2 is 1.68 bits per heavy atom. The van der Waals surface area contributed by atoms with Gasteiger partial charge in [-0.15, -0.1) is 0 Å². The molecule has 1 amide bonds. The molecule has 0 saturated carbocycles. The molecule has 7 heteroatoms. The number of nitrogens with zero attached hydrogens (tertiary/aromatic N) is 4. The van der Waals surface area contributed by atoms with E-state index in [-0.39, 0.29) is 24.2 Å². The van der Waals surface area contributed by atoms with E-state index in [1.165, 1.54) is 0 Å². The lowest BCUT2D eigenvalue weighted by atomic mass is 10.1. The third kappa shape index (κ3) is 4.73. The van der Waals surface area contributed by atoms with Crippen LogP contribution in [-0.2, 0) is 29.7 Å². The summed E-state index contributed by atoms with van der Waals surface area (Å²) >= 11 is 0. The van der Waals surface area contributed by atoms with Crippen LogP contribution in [0.2, 0.25) is 0 Å². The van der Waals surface area contributed by atoms with Crippen molar-refractivity contribution in [3.8, 4) is 0 Å². The van der Waals surface area contributed by atoms with E-state index in [1.54, 1.807) is 16.2 Å². The summed E-state index contributed by atoms with van der Waals surface area (Å²) in [6.07, 6.45) is 0. The molecular formula is C24H30N4O3. The average Bonchev–Trinajstić information content (AvgIpc) is 3.03. The van der Waals surface area contributed by atoms with Crippen LogP contribution in [0.3, 0.4) is 0 Å². The number of ether oxygens (including phenoxy) is 1. The molecule has 3 aromatic rings. The number of aromatic nitrogens is 2. The smallest absolute Gasteiger partial charge is 0.329 e. The monoisotopic (exact) mass is 422 g/mol. The van der Waals surface area contributed by atoms with Gasteiger partial charge in [-0.1, -0.05) is 42.5 Å². The summed E-state index contributed by atoms with van der Waals surface area (Å²) in [5.74, 6) is -0.0527. The number of carbonyl (C=O) groups excluding carboxylic acids is 1. The molecule has 0 N–H and O–H groups in total. The van der Waals surface area contributed by atoms with Gasteiger partial charge in [-0.05, 0) is 24.6 Å². The molecule has 1 aliphatic rings. The Labute approximate surface area is 182 Å². The summed E-state index contributed by atoms with van der Waals surface area (Å²) in [6, 6.07) is 17.6. The van der Waals surface area contributed by atoms with Gasteiger partial charge in [-0.3, -0.25) is 18.8 Å². The first-order valence-electron chi connectivity index (χ1n) is 10.8. The van der Waals surface area contributed by atoms with Crippen LogP contribution in [-0.4, -0.2) is 63.7 Å². The van der Waals surface area contributed by atoms with Crippen LogP contribution >= 0.6 is 0 Å². The molecule has 0 radical (unpaired) electrons. The van der Waals surface area contributed by atoms with E-state index in [2.05, 4.69) is 11.8 Å². The summed E-state index contributed by atoms with van der Waals surface area (Å²) < 4.78 is 8.64. The maximum absolute atomic E-state index is 13.5. The van der Waals surface area contributed by atoms with Gasteiger partial charge in [0.15, 0.2) is 0 Å². The predicted octanol–water partition coefficient (Wildman–Crippen LogP) is 2.09. The lowest BCUT2D eigenvalue weighted by molar-refractivity contribution is -0.135. The number of hydrogen-bond acceptors (Lipinski definition) is 4. The van der Waals surface area contributed by atoms with E-state index in [4.69, 9.17) is 4.74 Å². The zero-order chi connectivity index (χ0) is 21.8. The first-order chi connectivity index (χ1) is 15.0. The summed E-state index contributed by atoms with van der Waals surface area (Å²) in [6.45, 7) is 6.62. The van der Waals surface area contributed by atoms with Gasteiger partial charge in [0.1, 0.15) is 6.54 Å². The highest BCUT2D eigenvalue weighted by Crippen LogP contribution is 2.15. The third-order valence-electron chi connectivity index (χ3n) is 6.02. The summed E-state index contributed by atoms with van der Waals surface area (Å²) in [4.78, 5) is 30.6. The molecule has 164 valence electrons. The number of fused-ring (bicyclic) bond motifs is 1. The number of carbonyl (C=O) groups is 1. The number of amides is 1. The first-order valence-corrected chi connectivity index (χ1v) is 10.8. The third-order valence-corrected chi connectivity index (χ3v) is 6.02. The number of para-hydroxylation sites is 2. The van der Waals surface area contributed by atoms with Gasteiger partial charge in [-0.25, -0.2) is 4.79 Å². The number of aryl methyl sites for hydroxylation is 1. The van der Waals surface area contributed by atoms with Gasteiger partial charge in [0, 0.05) is 39.3 Å². The van der Waals surface area contributed by atoms with Crippen LogP contribution in [0, 0.1) is 0 Å². The molecule has 1 aromatic heterocycles. The average molecular weight is 423 g/mol.